The number of nitrogens with zero attached hydrogens (tertiary/aromatic N) is 1. The number of hydrogen-bond donors (Lipinski definition) is 1. The molecule has 0 aromatic heterocycles. The zero-order chi connectivity index (χ0) is 11.4. The van der Waals surface area contributed by atoms with E-state index >= 15 is 0 Å². The van der Waals surface area contributed by atoms with Gasteiger partial charge >= 0.3 is 0 Å². The first-order chi connectivity index (χ1) is 7.77. The van der Waals surface area contributed by atoms with Crippen molar-refractivity contribution in [1.82, 2.24) is 4.90 Å². The van der Waals surface area contributed by atoms with E-state index in [0.29, 0.717) is 0 Å². The van der Waals surface area contributed by atoms with Gasteiger partial charge < -0.3 is 10.5 Å². The summed E-state index contributed by atoms with van der Waals surface area (Å²) in [4.78, 5) is 2.67. The van der Waals surface area contributed by atoms with Gasteiger partial charge in [-0.15, -0.1) is 0 Å². The molecule has 0 aromatic rings. The van der Waals surface area contributed by atoms with Crippen LogP contribution in [-0.2, 0) is 4.74 Å². The average molecular weight is 226 g/mol. The zero-order valence-corrected chi connectivity index (χ0v) is 10.6. The Morgan fingerprint density at radius 1 is 1.25 bits per heavy atom. The van der Waals surface area contributed by atoms with Crippen molar-refractivity contribution in [3.8, 4) is 0 Å². The van der Waals surface area contributed by atoms with Gasteiger partial charge in [-0.2, -0.15) is 0 Å². The smallest absolute Gasteiger partial charge is 0.0484 e. The molecule has 0 radical (unpaired) electrons. The number of rotatable bonds is 2. The summed E-state index contributed by atoms with van der Waals surface area (Å²) in [6.07, 6.45) is 6.30. The van der Waals surface area contributed by atoms with Crippen LogP contribution in [0.1, 0.15) is 39.0 Å². The number of hydrogen-bond acceptors (Lipinski definition) is 3. The van der Waals surface area contributed by atoms with Crippen LogP contribution in [0, 0.1) is 5.92 Å². The van der Waals surface area contributed by atoms with Gasteiger partial charge in [0.05, 0.1) is 0 Å². The summed E-state index contributed by atoms with van der Waals surface area (Å²) >= 11 is 0. The van der Waals surface area contributed by atoms with Gasteiger partial charge in [0.1, 0.15) is 0 Å². The molecule has 2 N–H and O–H groups in total. The topological polar surface area (TPSA) is 38.5 Å². The highest BCUT2D eigenvalue weighted by atomic mass is 16.5. The van der Waals surface area contributed by atoms with Crippen molar-refractivity contribution < 1.29 is 4.74 Å². The molecule has 3 heteroatoms. The van der Waals surface area contributed by atoms with E-state index in [9.17, 15) is 0 Å². The molecular formula is C13H26N2O. The van der Waals surface area contributed by atoms with Crippen LogP contribution in [0.2, 0.25) is 0 Å². The van der Waals surface area contributed by atoms with Crippen molar-refractivity contribution in [1.29, 1.82) is 0 Å². The van der Waals surface area contributed by atoms with Crippen LogP contribution in [0.5, 0.6) is 0 Å². The lowest BCUT2D eigenvalue weighted by atomic mass is 9.87. The van der Waals surface area contributed by atoms with E-state index in [0.717, 1.165) is 38.5 Å². The van der Waals surface area contributed by atoms with E-state index in [1.807, 2.05) is 0 Å². The molecule has 2 rings (SSSR count). The van der Waals surface area contributed by atoms with Crippen LogP contribution >= 0.6 is 0 Å². The zero-order valence-electron chi connectivity index (χ0n) is 10.6. The molecule has 2 aliphatic heterocycles. The first kappa shape index (κ1) is 12.3. The minimum absolute atomic E-state index is 0.252. The van der Waals surface area contributed by atoms with E-state index in [4.69, 9.17) is 10.5 Å². The molecule has 94 valence electrons. The number of likely N-dealkylation sites (tertiary alicyclic amines) is 1. The van der Waals surface area contributed by atoms with Crippen molar-refractivity contribution in [2.75, 3.05) is 32.8 Å². The van der Waals surface area contributed by atoms with Crippen molar-refractivity contribution >= 4 is 0 Å². The summed E-state index contributed by atoms with van der Waals surface area (Å²) in [5.74, 6) is 0.889. The van der Waals surface area contributed by atoms with Crippen LogP contribution in [-0.4, -0.2) is 43.3 Å². The van der Waals surface area contributed by atoms with Crippen molar-refractivity contribution in [3.63, 3.8) is 0 Å². The quantitative estimate of drug-likeness (QED) is 0.777. The summed E-state index contributed by atoms with van der Waals surface area (Å²) in [7, 11) is 0. The Morgan fingerprint density at radius 3 is 2.69 bits per heavy atom. The number of nitrogens with two attached hydrogens (primary N) is 1. The molecule has 0 bridgehead atoms. The Kier molecular flexibility index (Phi) is 4.22. The van der Waals surface area contributed by atoms with E-state index in [-0.39, 0.29) is 5.54 Å². The first-order valence-corrected chi connectivity index (χ1v) is 6.80. The van der Waals surface area contributed by atoms with Crippen molar-refractivity contribution in [2.24, 2.45) is 11.7 Å². The minimum Gasteiger partial charge on any atom is -0.381 e. The second kappa shape index (κ2) is 5.48. The molecule has 0 aromatic carbocycles. The molecule has 16 heavy (non-hydrogen) atoms. The number of ether oxygens (including phenoxy) is 1. The highest BCUT2D eigenvalue weighted by Gasteiger charge is 2.37. The van der Waals surface area contributed by atoms with E-state index in [2.05, 4.69) is 11.8 Å². The van der Waals surface area contributed by atoms with Crippen LogP contribution in [0.15, 0.2) is 0 Å². The summed E-state index contributed by atoms with van der Waals surface area (Å²) < 4.78 is 5.49. The van der Waals surface area contributed by atoms with Gasteiger partial charge in [0.2, 0.25) is 0 Å². The Hall–Kier alpha value is -0.120. The monoisotopic (exact) mass is 226 g/mol. The normalized spacial score (nSPS) is 32.2. The lowest BCUT2D eigenvalue weighted by Crippen LogP contribution is -2.57. The molecule has 0 aliphatic carbocycles. The predicted molar refractivity (Wildman–Crippen MR) is 66.4 cm³/mol. The fourth-order valence-electron chi connectivity index (χ4n) is 3.14. The second-order valence-electron chi connectivity index (χ2n) is 5.56. The largest absolute Gasteiger partial charge is 0.381 e. The molecule has 2 fully saturated rings. The highest BCUT2D eigenvalue weighted by molar-refractivity contribution is 4.94. The summed E-state index contributed by atoms with van der Waals surface area (Å²) in [6, 6.07) is 0. The lowest BCUT2D eigenvalue weighted by molar-refractivity contribution is -0.0232. The van der Waals surface area contributed by atoms with Gasteiger partial charge in [0, 0.05) is 25.3 Å². The average Bonchev–Trinajstić information content (AvgIpc) is 2.55. The Labute approximate surface area is 99.3 Å². The molecule has 2 aliphatic rings. The van der Waals surface area contributed by atoms with Gasteiger partial charge in [0.15, 0.2) is 0 Å². The van der Waals surface area contributed by atoms with Gasteiger partial charge in [-0.05, 0) is 51.1 Å². The summed E-state index contributed by atoms with van der Waals surface area (Å²) in [6.45, 7) is 7.43. The summed E-state index contributed by atoms with van der Waals surface area (Å²) in [5, 5.41) is 0. The Morgan fingerprint density at radius 2 is 2.00 bits per heavy atom. The Bertz CT molecular complexity index is 214. The maximum atomic E-state index is 6.06. The van der Waals surface area contributed by atoms with Gasteiger partial charge in [0.25, 0.3) is 0 Å². The molecule has 3 nitrogen and oxygen atoms in total. The predicted octanol–water partition coefficient (Wildman–Crippen LogP) is 1.62. The summed E-state index contributed by atoms with van der Waals surface area (Å²) in [5.41, 5.74) is 6.31. The van der Waals surface area contributed by atoms with E-state index < -0.39 is 0 Å². The molecule has 0 amide bonds. The lowest BCUT2D eigenvalue weighted by Gasteiger charge is -2.45. The SMILES string of the molecule is CC1CCCN(C2(CN)CCOCC2)CC1. The maximum Gasteiger partial charge on any atom is 0.0484 e. The molecule has 2 saturated heterocycles. The molecule has 1 unspecified atom stereocenters. The fourth-order valence-corrected chi connectivity index (χ4v) is 3.14. The molecule has 0 spiro atoms. The molecule has 2 heterocycles. The van der Waals surface area contributed by atoms with E-state index in [1.54, 1.807) is 0 Å². The minimum atomic E-state index is 0.252. The standard InChI is InChI=1S/C13H26N2O/c1-12-3-2-7-15(8-4-12)13(11-14)5-9-16-10-6-13/h12H,2-11,14H2,1H3. The third-order valence-corrected chi connectivity index (χ3v) is 4.49. The van der Waals surface area contributed by atoms with Crippen molar-refractivity contribution in [2.45, 2.75) is 44.6 Å². The van der Waals surface area contributed by atoms with Crippen LogP contribution in [0.4, 0.5) is 0 Å². The van der Waals surface area contributed by atoms with Gasteiger partial charge in [-0.25, -0.2) is 0 Å². The van der Waals surface area contributed by atoms with Crippen LogP contribution in [0.25, 0.3) is 0 Å². The highest BCUT2D eigenvalue weighted by Crippen LogP contribution is 2.30. The van der Waals surface area contributed by atoms with Gasteiger partial charge in [-0.3, -0.25) is 4.90 Å². The third-order valence-electron chi connectivity index (χ3n) is 4.49. The molecule has 1 atom stereocenters. The third kappa shape index (κ3) is 2.58. The maximum absolute atomic E-state index is 6.06. The second-order valence-corrected chi connectivity index (χ2v) is 5.56. The van der Waals surface area contributed by atoms with Crippen molar-refractivity contribution in [3.05, 3.63) is 0 Å². The fraction of sp³-hybridized carbons (Fsp3) is 1.00. The molecular weight excluding hydrogens is 200 g/mol. The van der Waals surface area contributed by atoms with Gasteiger partial charge in [-0.1, -0.05) is 6.92 Å². The van der Waals surface area contributed by atoms with E-state index in [1.165, 1.54) is 32.4 Å². The van der Waals surface area contributed by atoms with Crippen LogP contribution < -0.4 is 5.73 Å². The molecule has 0 saturated carbocycles. The van der Waals surface area contributed by atoms with Crippen LogP contribution in [0.3, 0.4) is 0 Å². The first-order valence-electron chi connectivity index (χ1n) is 6.80. The Balaban J connectivity index is 2.01.